The summed E-state index contributed by atoms with van der Waals surface area (Å²) in [4.78, 5) is 11.8. The van der Waals surface area contributed by atoms with Gasteiger partial charge in [0.15, 0.2) is 5.78 Å². The third-order valence-electron chi connectivity index (χ3n) is 3.40. The van der Waals surface area contributed by atoms with Crippen LogP contribution in [0.2, 0.25) is 0 Å². The quantitative estimate of drug-likeness (QED) is 0.688. The molecule has 0 saturated heterocycles. The number of rotatable bonds is 4. The Morgan fingerprint density at radius 3 is 2.76 bits per heavy atom. The Morgan fingerprint density at radius 2 is 2.05 bits per heavy atom. The van der Waals surface area contributed by atoms with Crippen molar-refractivity contribution in [2.75, 3.05) is 0 Å². The van der Waals surface area contributed by atoms with Gasteiger partial charge in [-0.25, -0.2) is 0 Å². The Labute approximate surface area is 123 Å². The van der Waals surface area contributed by atoms with Crippen LogP contribution < -0.4 is 4.74 Å². The molecule has 0 aliphatic carbocycles. The highest BCUT2D eigenvalue weighted by molar-refractivity contribution is 6.03. The molecule has 0 fully saturated rings. The molecule has 4 heteroatoms. The Balaban J connectivity index is 2.01. The van der Waals surface area contributed by atoms with Crippen molar-refractivity contribution >= 4 is 16.6 Å². The second-order valence-corrected chi connectivity index (χ2v) is 5.03. The predicted molar refractivity (Wildman–Crippen MR) is 81.5 cm³/mol. The van der Waals surface area contributed by atoms with Gasteiger partial charge in [-0.05, 0) is 18.4 Å². The molecule has 0 aliphatic rings. The molecule has 106 valence electrons. The summed E-state index contributed by atoms with van der Waals surface area (Å²) in [7, 11) is 1.86. The molecule has 2 aromatic carbocycles. The summed E-state index contributed by atoms with van der Waals surface area (Å²) in [6, 6.07) is 11.7. The van der Waals surface area contributed by atoms with Gasteiger partial charge in [0.1, 0.15) is 12.4 Å². The largest absolute Gasteiger partial charge is 0.487 e. The van der Waals surface area contributed by atoms with Crippen molar-refractivity contribution in [3.8, 4) is 5.75 Å². The molecule has 0 aliphatic heterocycles. The van der Waals surface area contributed by atoms with Crippen molar-refractivity contribution in [1.82, 2.24) is 9.78 Å². The fourth-order valence-electron chi connectivity index (χ4n) is 2.38. The number of nitrogens with zero attached hydrogens (tertiary/aromatic N) is 2. The SMILES string of the molecule is CC(=O)c1ccc2ccccc2c1OCc1cnn(C)c1. The Morgan fingerprint density at radius 1 is 1.24 bits per heavy atom. The first-order valence-corrected chi connectivity index (χ1v) is 6.78. The standard InChI is InChI=1S/C17H16N2O2/c1-12(20)15-8-7-14-5-3-4-6-16(14)17(15)21-11-13-9-18-19(2)10-13/h3-10H,11H2,1-2H3. The molecule has 0 spiro atoms. The fraction of sp³-hybridized carbons (Fsp3) is 0.176. The number of hydrogen-bond acceptors (Lipinski definition) is 3. The average Bonchev–Trinajstić information content (AvgIpc) is 2.90. The van der Waals surface area contributed by atoms with Gasteiger partial charge in [-0.1, -0.05) is 30.3 Å². The zero-order valence-corrected chi connectivity index (χ0v) is 12.0. The van der Waals surface area contributed by atoms with Crippen LogP contribution in [0.4, 0.5) is 0 Å². The van der Waals surface area contributed by atoms with Gasteiger partial charge >= 0.3 is 0 Å². The van der Waals surface area contributed by atoms with E-state index in [1.807, 2.05) is 49.6 Å². The van der Waals surface area contributed by atoms with Crippen molar-refractivity contribution in [3.63, 3.8) is 0 Å². The number of hydrogen-bond donors (Lipinski definition) is 0. The third-order valence-corrected chi connectivity index (χ3v) is 3.40. The summed E-state index contributed by atoms with van der Waals surface area (Å²) >= 11 is 0. The van der Waals surface area contributed by atoms with Crippen LogP contribution >= 0.6 is 0 Å². The number of carbonyl (C=O) groups is 1. The molecule has 0 radical (unpaired) electrons. The first kappa shape index (κ1) is 13.4. The van der Waals surface area contributed by atoms with Gasteiger partial charge in [-0.3, -0.25) is 9.48 Å². The van der Waals surface area contributed by atoms with Crippen LogP contribution in [0.3, 0.4) is 0 Å². The molecular formula is C17H16N2O2. The lowest BCUT2D eigenvalue weighted by Crippen LogP contribution is -2.02. The summed E-state index contributed by atoms with van der Waals surface area (Å²) in [6.45, 7) is 1.95. The first-order valence-electron chi connectivity index (χ1n) is 6.78. The van der Waals surface area contributed by atoms with Gasteiger partial charge < -0.3 is 4.74 Å². The Hall–Kier alpha value is -2.62. The highest BCUT2D eigenvalue weighted by Gasteiger charge is 2.13. The number of ketones is 1. The molecule has 0 saturated carbocycles. The summed E-state index contributed by atoms with van der Waals surface area (Å²) in [5, 5.41) is 6.13. The number of aromatic nitrogens is 2. The summed E-state index contributed by atoms with van der Waals surface area (Å²) in [5.74, 6) is 0.645. The maximum absolute atomic E-state index is 11.8. The van der Waals surface area contributed by atoms with E-state index in [9.17, 15) is 4.79 Å². The molecule has 21 heavy (non-hydrogen) atoms. The molecule has 3 aromatic rings. The van der Waals surface area contributed by atoms with Crippen molar-refractivity contribution in [3.05, 3.63) is 59.9 Å². The maximum atomic E-state index is 11.8. The number of benzene rings is 2. The summed E-state index contributed by atoms with van der Waals surface area (Å²) < 4.78 is 7.67. The van der Waals surface area contributed by atoms with E-state index >= 15 is 0 Å². The zero-order valence-electron chi connectivity index (χ0n) is 12.0. The van der Waals surface area contributed by atoms with Gasteiger partial charge in [0, 0.05) is 24.2 Å². The van der Waals surface area contributed by atoms with Crippen LogP contribution in [-0.2, 0) is 13.7 Å². The first-order chi connectivity index (χ1) is 10.1. The van der Waals surface area contributed by atoms with Gasteiger partial charge in [-0.2, -0.15) is 5.10 Å². The van der Waals surface area contributed by atoms with Crippen LogP contribution in [0.25, 0.3) is 10.8 Å². The molecule has 1 heterocycles. The molecule has 0 amide bonds. The second-order valence-electron chi connectivity index (χ2n) is 5.03. The Bertz CT molecular complexity index is 805. The van der Waals surface area contributed by atoms with E-state index in [1.165, 1.54) is 0 Å². The minimum absolute atomic E-state index is 0.00180. The molecule has 1 aromatic heterocycles. The van der Waals surface area contributed by atoms with E-state index in [0.29, 0.717) is 17.9 Å². The highest BCUT2D eigenvalue weighted by atomic mass is 16.5. The molecule has 0 atom stereocenters. The van der Waals surface area contributed by atoms with Crippen molar-refractivity contribution in [1.29, 1.82) is 0 Å². The van der Waals surface area contributed by atoms with Gasteiger partial charge in [0.2, 0.25) is 0 Å². The van der Waals surface area contributed by atoms with Crippen LogP contribution in [0.5, 0.6) is 5.75 Å². The van der Waals surface area contributed by atoms with E-state index in [4.69, 9.17) is 4.74 Å². The minimum Gasteiger partial charge on any atom is -0.487 e. The van der Waals surface area contributed by atoms with Crippen LogP contribution in [0, 0.1) is 0 Å². The van der Waals surface area contributed by atoms with Gasteiger partial charge in [0.25, 0.3) is 0 Å². The molecule has 0 unspecified atom stereocenters. The smallest absolute Gasteiger partial charge is 0.163 e. The van der Waals surface area contributed by atoms with Crippen molar-refractivity contribution in [2.24, 2.45) is 7.05 Å². The predicted octanol–water partition coefficient (Wildman–Crippen LogP) is 3.35. The lowest BCUT2D eigenvalue weighted by atomic mass is 10.0. The van der Waals surface area contributed by atoms with Gasteiger partial charge in [-0.15, -0.1) is 0 Å². The van der Waals surface area contributed by atoms with Crippen LogP contribution in [-0.4, -0.2) is 15.6 Å². The van der Waals surface area contributed by atoms with E-state index in [-0.39, 0.29) is 5.78 Å². The lowest BCUT2D eigenvalue weighted by Gasteiger charge is -2.12. The monoisotopic (exact) mass is 280 g/mol. The van der Waals surface area contributed by atoms with E-state index in [0.717, 1.165) is 16.3 Å². The zero-order chi connectivity index (χ0) is 14.8. The topological polar surface area (TPSA) is 44.1 Å². The lowest BCUT2D eigenvalue weighted by molar-refractivity contribution is 0.101. The number of fused-ring (bicyclic) bond motifs is 1. The van der Waals surface area contributed by atoms with Crippen molar-refractivity contribution < 1.29 is 9.53 Å². The molecule has 3 rings (SSSR count). The third kappa shape index (κ3) is 2.65. The normalized spacial score (nSPS) is 10.8. The maximum Gasteiger partial charge on any atom is 0.163 e. The number of carbonyl (C=O) groups excluding carboxylic acids is 1. The van der Waals surface area contributed by atoms with E-state index in [1.54, 1.807) is 17.8 Å². The van der Waals surface area contributed by atoms with E-state index < -0.39 is 0 Å². The summed E-state index contributed by atoms with van der Waals surface area (Å²) in [5.41, 5.74) is 1.58. The second kappa shape index (κ2) is 5.40. The summed E-state index contributed by atoms with van der Waals surface area (Å²) in [6.07, 6.45) is 3.66. The van der Waals surface area contributed by atoms with E-state index in [2.05, 4.69) is 5.10 Å². The minimum atomic E-state index is 0.00180. The fourth-order valence-corrected chi connectivity index (χ4v) is 2.38. The number of ether oxygens (including phenoxy) is 1. The number of Topliss-reactive ketones (excluding diaryl/α,β-unsaturated/α-hetero) is 1. The van der Waals surface area contributed by atoms with Crippen molar-refractivity contribution in [2.45, 2.75) is 13.5 Å². The van der Waals surface area contributed by atoms with Gasteiger partial charge in [0.05, 0.1) is 11.8 Å². The molecular weight excluding hydrogens is 264 g/mol. The average molecular weight is 280 g/mol. The van der Waals surface area contributed by atoms with Crippen LogP contribution in [0.15, 0.2) is 48.8 Å². The number of aryl methyl sites for hydroxylation is 1. The molecule has 0 bridgehead atoms. The molecule has 0 N–H and O–H groups in total. The van der Waals surface area contributed by atoms with Crippen LogP contribution in [0.1, 0.15) is 22.8 Å². The Kier molecular flexibility index (Phi) is 3.44. The molecule has 4 nitrogen and oxygen atoms in total. The highest BCUT2D eigenvalue weighted by Crippen LogP contribution is 2.30.